The van der Waals surface area contributed by atoms with Gasteiger partial charge in [-0.2, -0.15) is 0 Å². The zero-order valence-electron chi connectivity index (χ0n) is 19.0. The van der Waals surface area contributed by atoms with Crippen LogP contribution in [0.5, 0.6) is 0 Å². The number of hydrogen-bond donors (Lipinski definition) is 2. The summed E-state index contributed by atoms with van der Waals surface area (Å²) in [6, 6.07) is 15.2. The van der Waals surface area contributed by atoms with Crippen LogP contribution >= 0.6 is 11.6 Å². The molecule has 3 aromatic carbocycles. The number of aliphatic carboxylic acids is 1. The Kier molecular flexibility index (Phi) is 7.10. The molecule has 4 rings (SSSR count). The highest BCUT2D eigenvalue weighted by Gasteiger charge is 2.30. The molecule has 0 amide bonds. The number of halogens is 1. The monoisotopic (exact) mass is 476 g/mol. The molecule has 0 fully saturated rings. The van der Waals surface area contributed by atoms with E-state index in [1.165, 1.54) is 6.20 Å². The molecule has 0 saturated heterocycles. The molecule has 0 aliphatic carbocycles. The number of aromatic amines is 1. The van der Waals surface area contributed by atoms with E-state index >= 15 is 0 Å². The molecule has 0 radical (unpaired) electrons. The number of unbranched alkanes of at least 4 members (excludes halogenated alkanes) is 1. The average molecular weight is 477 g/mol. The van der Waals surface area contributed by atoms with Gasteiger partial charge >= 0.3 is 11.7 Å². The summed E-state index contributed by atoms with van der Waals surface area (Å²) in [5, 5.41) is 12.6. The topological polar surface area (TPSA) is 92.3 Å². The van der Waals surface area contributed by atoms with Crippen LogP contribution in [0.3, 0.4) is 0 Å². The highest BCUT2D eigenvalue weighted by molar-refractivity contribution is 6.30. The molecule has 0 saturated carbocycles. The normalized spacial score (nSPS) is 12.1. The summed E-state index contributed by atoms with van der Waals surface area (Å²) in [5.74, 6) is -1.06. The number of hydrogen-bond acceptors (Lipinski definition) is 4. The molecule has 0 bridgehead atoms. The van der Waals surface area contributed by atoms with Crippen molar-refractivity contribution in [1.29, 1.82) is 0 Å². The van der Waals surface area contributed by atoms with Crippen LogP contribution in [0, 0.1) is 6.92 Å². The van der Waals surface area contributed by atoms with Gasteiger partial charge in [0.25, 0.3) is 0 Å². The predicted octanol–water partition coefficient (Wildman–Crippen LogP) is 6.16. The number of ether oxygens (including phenoxy) is 1. The number of aromatic nitrogens is 2. The van der Waals surface area contributed by atoms with Gasteiger partial charge in [-0.05, 0) is 58.5 Å². The Hall–Kier alpha value is -3.48. The van der Waals surface area contributed by atoms with Crippen LogP contribution in [0.4, 0.5) is 0 Å². The largest absolute Gasteiger partial charge is 0.479 e. The lowest BCUT2D eigenvalue weighted by Crippen LogP contribution is -2.19. The fraction of sp³-hybridized carbons (Fsp3) is 0.222. The first kappa shape index (κ1) is 23.7. The van der Waals surface area contributed by atoms with Gasteiger partial charge in [-0.25, -0.2) is 14.6 Å². The number of H-pyrrole nitrogens is 1. The van der Waals surface area contributed by atoms with Gasteiger partial charge in [-0.3, -0.25) is 0 Å². The smallest absolute Gasteiger partial charge is 0.344 e. The van der Waals surface area contributed by atoms with E-state index in [0.29, 0.717) is 22.8 Å². The van der Waals surface area contributed by atoms with E-state index in [-0.39, 0.29) is 0 Å². The molecule has 4 aromatic rings. The Morgan fingerprint density at radius 2 is 1.76 bits per heavy atom. The maximum atomic E-state index is 12.5. The van der Waals surface area contributed by atoms with Crippen molar-refractivity contribution < 1.29 is 14.6 Å². The van der Waals surface area contributed by atoms with Gasteiger partial charge in [0, 0.05) is 35.2 Å². The van der Waals surface area contributed by atoms with Crippen LogP contribution in [0.15, 0.2) is 65.7 Å². The second-order valence-corrected chi connectivity index (χ2v) is 8.53. The van der Waals surface area contributed by atoms with Gasteiger partial charge in [-0.15, -0.1) is 0 Å². The maximum Gasteiger partial charge on any atom is 0.344 e. The number of nitrogens with zero attached hydrogens (tertiary/aromatic N) is 1. The van der Waals surface area contributed by atoms with Crippen LogP contribution in [0.25, 0.3) is 33.0 Å². The number of carbonyl (C=O) groups is 1. The second kappa shape index (κ2) is 10.2. The molecule has 1 heterocycles. The molecule has 0 aliphatic rings. The van der Waals surface area contributed by atoms with Crippen molar-refractivity contribution >= 4 is 28.3 Å². The fourth-order valence-electron chi connectivity index (χ4n) is 4.32. The average Bonchev–Trinajstić information content (AvgIpc) is 2.83. The summed E-state index contributed by atoms with van der Waals surface area (Å²) in [6.45, 7) is 4.25. The van der Waals surface area contributed by atoms with E-state index < -0.39 is 17.8 Å². The Morgan fingerprint density at radius 3 is 2.35 bits per heavy atom. The van der Waals surface area contributed by atoms with Gasteiger partial charge < -0.3 is 14.8 Å². The third kappa shape index (κ3) is 4.60. The standard InChI is InChI=1S/C27H25ClN2O4/c1-3-4-13-34-25(26(31)32)23-16(2)22(18-14-29-27(33)30-15-18)20-7-5-6-8-21(20)24(23)17-9-11-19(28)12-10-17/h5-12,14-15,25H,3-4,13H2,1-2H3,(H,31,32)(H,29,30,33). The Labute approximate surface area is 202 Å². The molecule has 0 aliphatic heterocycles. The number of carboxylic acids is 1. The van der Waals surface area contributed by atoms with Crippen LogP contribution < -0.4 is 5.69 Å². The van der Waals surface area contributed by atoms with Crippen molar-refractivity contribution in [3.05, 3.63) is 87.6 Å². The van der Waals surface area contributed by atoms with Crippen molar-refractivity contribution in [3.63, 3.8) is 0 Å². The number of benzene rings is 3. The minimum absolute atomic E-state index is 0.329. The highest BCUT2D eigenvalue weighted by Crippen LogP contribution is 2.44. The fourth-order valence-corrected chi connectivity index (χ4v) is 4.44. The van der Waals surface area contributed by atoms with Gasteiger partial charge in [0.15, 0.2) is 6.10 Å². The molecule has 2 N–H and O–H groups in total. The van der Waals surface area contributed by atoms with E-state index in [0.717, 1.165) is 45.9 Å². The predicted molar refractivity (Wildman–Crippen MR) is 134 cm³/mol. The highest BCUT2D eigenvalue weighted by atomic mass is 35.5. The summed E-state index contributed by atoms with van der Waals surface area (Å²) in [4.78, 5) is 30.6. The number of nitrogens with one attached hydrogen (secondary N) is 1. The van der Waals surface area contributed by atoms with Crippen molar-refractivity contribution in [2.45, 2.75) is 32.8 Å². The van der Waals surface area contributed by atoms with Crippen LogP contribution in [0.1, 0.15) is 37.0 Å². The molecular formula is C27H25ClN2O4. The zero-order chi connectivity index (χ0) is 24.2. The molecule has 7 heteroatoms. The second-order valence-electron chi connectivity index (χ2n) is 8.09. The summed E-state index contributed by atoms with van der Waals surface area (Å²) in [6.07, 6.45) is 3.58. The Bertz CT molecular complexity index is 1380. The van der Waals surface area contributed by atoms with Crippen molar-refractivity contribution in [1.82, 2.24) is 9.97 Å². The third-order valence-corrected chi connectivity index (χ3v) is 6.13. The summed E-state index contributed by atoms with van der Waals surface area (Å²) < 4.78 is 5.96. The van der Waals surface area contributed by atoms with Gasteiger partial charge in [0.05, 0.1) is 0 Å². The van der Waals surface area contributed by atoms with E-state index in [1.807, 2.05) is 50.2 Å². The van der Waals surface area contributed by atoms with Crippen LogP contribution in [-0.2, 0) is 9.53 Å². The summed E-state index contributed by atoms with van der Waals surface area (Å²) >= 11 is 6.15. The minimum atomic E-state index is -1.17. The van der Waals surface area contributed by atoms with Gasteiger partial charge in [-0.1, -0.05) is 61.3 Å². The first-order valence-corrected chi connectivity index (χ1v) is 11.5. The molecule has 1 aromatic heterocycles. The van der Waals surface area contributed by atoms with Crippen molar-refractivity contribution in [2.24, 2.45) is 0 Å². The SMILES string of the molecule is CCCCOC(C(=O)O)c1c(C)c(-c2cnc(=O)[nH]c2)c2ccccc2c1-c1ccc(Cl)cc1. The first-order valence-electron chi connectivity index (χ1n) is 11.1. The lowest BCUT2D eigenvalue weighted by atomic mass is 9.82. The van der Waals surface area contributed by atoms with Crippen LogP contribution in [0.2, 0.25) is 5.02 Å². The Morgan fingerprint density at radius 1 is 1.09 bits per heavy atom. The summed E-state index contributed by atoms with van der Waals surface area (Å²) in [5.41, 5.74) is 4.00. The van der Waals surface area contributed by atoms with E-state index in [1.54, 1.807) is 18.3 Å². The molecular weight excluding hydrogens is 452 g/mol. The lowest BCUT2D eigenvalue weighted by Gasteiger charge is -2.25. The molecule has 1 unspecified atom stereocenters. The van der Waals surface area contributed by atoms with E-state index in [9.17, 15) is 14.7 Å². The molecule has 174 valence electrons. The Balaban J connectivity index is 2.11. The first-order chi connectivity index (χ1) is 16.4. The number of rotatable bonds is 8. The summed E-state index contributed by atoms with van der Waals surface area (Å²) in [7, 11) is 0. The zero-order valence-corrected chi connectivity index (χ0v) is 19.7. The van der Waals surface area contributed by atoms with Crippen molar-refractivity contribution in [3.8, 4) is 22.3 Å². The lowest BCUT2D eigenvalue weighted by molar-refractivity contribution is -0.151. The van der Waals surface area contributed by atoms with Crippen molar-refractivity contribution in [2.75, 3.05) is 6.61 Å². The minimum Gasteiger partial charge on any atom is -0.479 e. The molecule has 6 nitrogen and oxygen atoms in total. The van der Waals surface area contributed by atoms with Gasteiger partial charge in [0.2, 0.25) is 0 Å². The number of fused-ring (bicyclic) bond motifs is 1. The quantitative estimate of drug-likeness (QED) is 0.297. The maximum absolute atomic E-state index is 12.5. The van der Waals surface area contributed by atoms with E-state index in [4.69, 9.17) is 16.3 Å². The molecule has 0 spiro atoms. The third-order valence-electron chi connectivity index (χ3n) is 5.88. The van der Waals surface area contributed by atoms with Crippen LogP contribution in [-0.4, -0.2) is 27.7 Å². The van der Waals surface area contributed by atoms with Gasteiger partial charge in [0.1, 0.15) is 0 Å². The van der Waals surface area contributed by atoms with E-state index in [2.05, 4.69) is 9.97 Å². The molecule has 1 atom stereocenters. The molecule has 34 heavy (non-hydrogen) atoms. The number of carboxylic acid groups (broad SMARTS) is 1.